The molecule has 2 aromatic carbocycles. The zero-order valence-electron chi connectivity index (χ0n) is 12.6. The summed E-state index contributed by atoms with van der Waals surface area (Å²) in [6.45, 7) is 1.36. The molecule has 1 heterocycles. The maximum Gasteiger partial charge on any atom is 0.255 e. The average molecular weight is 298 g/mol. The first kappa shape index (κ1) is 14.4. The highest BCUT2D eigenvalue weighted by Gasteiger charge is 2.23. The topological polar surface area (TPSA) is 50.8 Å². The van der Waals surface area contributed by atoms with E-state index >= 15 is 0 Å². The SMILES string of the molecule is CN(C)CCNC(=O)c1cccc2c1Oc1ccccc1O2. The third-order valence-corrected chi connectivity index (χ3v) is 3.35. The van der Waals surface area contributed by atoms with Crippen LogP contribution in [0.5, 0.6) is 23.0 Å². The van der Waals surface area contributed by atoms with E-state index in [1.54, 1.807) is 18.2 Å². The van der Waals surface area contributed by atoms with Crippen molar-refractivity contribution in [2.75, 3.05) is 27.2 Å². The predicted molar refractivity (Wildman–Crippen MR) is 83.9 cm³/mol. The summed E-state index contributed by atoms with van der Waals surface area (Å²) < 4.78 is 11.7. The van der Waals surface area contributed by atoms with Gasteiger partial charge in [0.15, 0.2) is 23.0 Å². The van der Waals surface area contributed by atoms with Gasteiger partial charge in [-0.1, -0.05) is 18.2 Å². The lowest BCUT2D eigenvalue weighted by Crippen LogP contribution is -2.31. The molecule has 2 aromatic rings. The first-order chi connectivity index (χ1) is 10.6. The largest absolute Gasteiger partial charge is 0.449 e. The molecule has 0 atom stereocenters. The van der Waals surface area contributed by atoms with E-state index in [0.29, 0.717) is 35.1 Å². The third kappa shape index (κ3) is 2.89. The zero-order valence-corrected chi connectivity index (χ0v) is 12.6. The van der Waals surface area contributed by atoms with Crippen LogP contribution in [0.2, 0.25) is 0 Å². The van der Waals surface area contributed by atoms with E-state index in [2.05, 4.69) is 5.32 Å². The number of nitrogens with one attached hydrogen (secondary N) is 1. The van der Waals surface area contributed by atoms with Crippen LogP contribution >= 0.6 is 0 Å². The van der Waals surface area contributed by atoms with Crippen LogP contribution in [0.4, 0.5) is 0 Å². The number of likely N-dealkylation sites (N-methyl/N-ethyl adjacent to an activating group) is 1. The van der Waals surface area contributed by atoms with E-state index in [0.717, 1.165) is 6.54 Å². The number of carbonyl (C=O) groups excluding carboxylic acids is 1. The van der Waals surface area contributed by atoms with Gasteiger partial charge in [0.2, 0.25) is 0 Å². The molecular weight excluding hydrogens is 280 g/mol. The van der Waals surface area contributed by atoms with Crippen molar-refractivity contribution in [1.29, 1.82) is 0 Å². The Labute approximate surface area is 129 Å². The summed E-state index contributed by atoms with van der Waals surface area (Å²) in [5.41, 5.74) is 0.478. The molecule has 5 heteroatoms. The third-order valence-electron chi connectivity index (χ3n) is 3.35. The number of para-hydroxylation sites is 3. The summed E-state index contributed by atoms with van der Waals surface area (Å²) in [5, 5.41) is 2.89. The van der Waals surface area contributed by atoms with Gasteiger partial charge in [-0.05, 0) is 38.4 Å². The summed E-state index contributed by atoms with van der Waals surface area (Å²) >= 11 is 0. The molecule has 22 heavy (non-hydrogen) atoms. The van der Waals surface area contributed by atoms with Crippen LogP contribution in [0, 0.1) is 0 Å². The summed E-state index contributed by atoms with van der Waals surface area (Å²) in [6.07, 6.45) is 0. The number of hydrogen-bond acceptors (Lipinski definition) is 4. The van der Waals surface area contributed by atoms with E-state index < -0.39 is 0 Å². The fourth-order valence-corrected chi connectivity index (χ4v) is 2.22. The second kappa shape index (κ2) is 6.07. The number of fused-ring (bicyclic) bond motifs is 2. The number of carbonyl (C=O) groups is 1. The Balaban J connectivity index is 1.82. The molecular formula is C17H18N2O3. The molecule has 0 aromatic heterocycles. The van der Waals surface area contributed by atoms with Gasteiger partial charge in [0, 0.05) is 13.1 Å². The van der Waals surface area contributed by atoms with E-state index in [4.69, 9.17) is 9.47 Å². The fraction of sp³-hybridized carbons (Fsp3) is 0.235. The molecule has 1 amide bonds. The van der Waals surface area contributed by atoms with Crippen LogP contribution in [-0.4, -0.2) is 38.0 Å². The molecule has 0 aliphatic carbocycles. The Morgan fingerprint density at radius 1 is 1.00 bits per heavy atom. The summed E-state index contributed by atoms with van der Waals surface area (Å²) in [5.74, 6) is 2.12. The Bertz CT molecular complexity index is 698. The van der Waals surface area contributed by atoms with Crippen molar-refractivity contribution in [2.24, 2.45) is 0 Å². The molecule has 0 saturated carbocycles. The second-order valence-electron chi connectivity index (χ2n) is 5.34. The normalized spacial score (nSPS) is 12.0. The number of nitrogens with zero attached hydrogens (tertiary/aromatic N) is 1. The van der Waals surface area contributed by atoms with Crippen molar-refractivity contribution < 1.29 is 14.3 Å². The van der Waals surface area contributed by atoms with Gasteiger partial charge in [0.25, 0.3) is 5.91 Å². The van der Waals surface area contributed by atoms with Gasteiger partial charge in [-0.2, -0.15) is 0 Å². The fourth-order valence-electron chi connectivity index (χ4n) is 2.22. The molecule has 114 valence electrons. The quantitative estimate of drug-likeness (QED) is 0.804. The maximum absolute atomic E-state index is 12.3. The van der Waals surface area contributed by atoms with Crippen molar-refractivity contribution in [1.82, 2.24) is 10.2 Å². The van der Waals surface area contributed by atoms with Crippen LogP contribution < -0.4 is 14.8 Å². The van der Waals surface area contributed by atoms with Crippen molar-refractivity contribution in [3.63, 3.8) is 0 Å². The van der Waals surface area contributed by atoms with Crippen LogP contribution in [0.25, 0.3) is 0 Å². The van der Waals surface area contributed by atoms with Gasteiger partial charge >= 0.3 is 0 Å². The molecule has 1 N–H and O–H groups in total. The minimum Gasteiger partial charge on any atom is -0.449 e. The number of benzene rings is 2. The molecule has 0 radical (unpaired) electrons. The highest BCUT2D eigenvalue weighted by molar-refractivity contribution is 5.98. The minimum atomic E-state index is -0.165. The molecule has 3 rings (SSSR count). The molecule has 0 fully saturated rings. The second-order valence-corrected chi connectivity index (χ2v) is 5.34. The number of hydrogen-bond donors (Lipinski definition) is 1. The van der Waals surface area contributed by atoms with Gasteiger partial charge in [-0.25, -0.2) is 0 Å². The molecule has 5 nitrogen and oxygen atoms in total. The van der Waals surface area contributed by atoms with Crippen LogP contribution in [0.15, 0.2) is 42.5 Å². The van der Waals surface area contributed by atoms with Gasteiger partial charge < -0.3 is 19.7 Å². The van der Waals surface area contributed by atoms with Crippen molar-refractivity contribution in [3.8, 4) is 23.0 Å². The molecule has 0 bridgehead atoms. The van der Waals surface area contributed by atoms with Crippen LogP contribution in [0.3, 0.4) is 0 Å². The van der Waals surface area contributed by atoms with Crippen molar-refractivity contribution in [3.05, 3.63) is 48.0 Å². The molecule has 0 unspecified atom stereocenters. The Morgan fingerprint density at radius 3 is 2.41 bits per heavy atom. The summed E-state index contributed by atoms with van der Waals surface area (Å²) in [6, 6.07) is 12.7. The highest BCUT2D eigenvalue weighted by Crippen LogP contribution is 2.46. The molecule has 1 aliphatic rings. The average Bonchev–Trinajstić information content (AvgIpc) is 2.51. The molecule has 0 spiro atoms. The van der Waals surface area contributed by atoms with E-state index in [-0.39, 0.29) is 5.91 Å². The predicted octanol–water partition coefficient (Wildman–Crippen LogP) is 2.88. The zero-order chi connectivity index (χ0) is 15.5. The molecule has 0 saturated heterocycles. The van der Waals surface area contributed by atoms with E-state index in [1.165, 1.54) is 0 Å². The number of ether oxygens (including phenoxy) is 2. The highest BCUT2D eigenvalue weighted by atomic mass is 16.6. The van der Waals surface area contributed by atoms with E-state index in [9.17, 15) is 4.79 Å². The van der Waals surface area contributed by atoms with Gasteiger partial charge in [-0.15, -0.1) is 0 Å². The first-order valence-electron chi connectivity index (χ1n) is 7.16. The van der Waals surface area contributed by atoms with Crippen LogP contribution in [-0.2, 0) is 0 Å². The van der Waals surface area contributed by atoms with Gasteiger partial charge in [-0.3, -0.25) is 4.79 Å². The van der Waals surface area contributed by atoms with Crippen molar-refractivity contribution >= 4 is 5.91 Å². The van der Waals surface area contributed by atoms with Crippen molar-refractivity contribution in [2.45, 2.75) is 0 Å². The maximum atomic E-state index is 12.3. The number of amides is 1. The lowest BCUT2D eigenvalue weighted by Gasteiger charge is -2.22. The van der Waals surface area contributed by atoms with Crippen LogP contribution in [0.1, 0.15) is 10.4 Å². The molecule has 1 aliphatic heterocycles. The van der Waals surface area contributed by atoms with Gasteiger partial charge in [0.1, 0.15) is 0 Å². The van der Waals surface area contributed by atoms with Gasteiger partial charge in [0.05, 0.1) is 5.56 Å². The Kier molecular flexibility index (Phi) is 3.98. The number of rotatable bonds is 4. The van der Waals surface area contributed by atoms with E-state index in [1.807, 2.05) is 43.3 Å². The Morgan fingerprint density at radius 2 is 1.68 bits per heavy atom. The summed E-state index contributed by atoms with van der Waals surface area (Å²) in [7, 11) is 3.93. The minimum absolute atomic E-state index is 0.165. The standard InChI is InChI=1S/C17H18N2O3/c1-19(2)11-10-18-17(20)12-6-5-9-15-16(12)22-14-8-4-3-7-13(14)21-15/h3-9H,10-11H2,1-2H3,(H,18,20). The summed E-state index contributed by atoms with van der Waals surface area (Å²) in [4.78, 5) is 14.4. The lowest BCUT2D eigenvalue weighted by molar-refractivity contribution is 0.0947. The Hall–Kier alpha value is -2.53. The lowest BCUT2D eigenvalue weighted by atomic mass is 10.1. The monoisotopic (exact) mass is 298 g/mol. The first-order valence-corrected chi connectivity index (χ1v) is 7.16. The smallest absolute Gasteiger partial charge is 0.255 e.